The highest BCUT2D eigenvalue weighted by Crippen LogP contribution is 2.19. The number of para-hydroxylation sites is 1. The van der Waals surface area contributed by atoms with Gasteiger partial charge in [0.05, 0.1) is 15.9 Å². The van der Waals surface area contributed by atoms with Gasteiger partial charge in [0.25, 0.3) is 5.56 Å². The quantitative estimate of drug-likeness (QED) is 0.710. The third kappa shape index (κ3) is 3.99. The number of anilines is 1. The van der Waals surface area contributed by atoms with Crippen molar-refractivity contribution in [2.45, 2.75) is 26.9 Å². The Bertz CT molecular complexity index is 1170. The van der Waals surface area contributed by atoms with Crippen molar-refractivity contribution in [2.24, 2.45) is 5.92 Å². The SMILES string of the molecule is CC(C)Cn1c(=O)c2ccccc2n(CC(=O)Nc2ccc(F)c(Cl)c2)c1=O. The first-order chi connectivity index (χ1) is 13.3. The maximum Gasteiger partial charge on any atom is 0.331 e. The van der Waals surface area contributed by atoms with Gasteiger partial charge in [-0.2, -0.15) is 0 Å². The molecule has 3 rings (SSSR count). The molecule has 3 aromatic rings. The summed E-state index contributed by atoms with van der Waals surface area (Å²) in [6.07, 6.45) is 0. The Kier molecular flexibility index (Phi) is 5.65. The molecule has 0 radical (unpaired) electrons. The van der Waals surface area contributed by atoms with E-state index < -0.39 is 17.4 Å². The number of fused-ring (bicyclic) bond motifs is 1. The van der Waals surface area contributed by atoms with Crippen molar-refractivity contribution in [3.63, 3.8) is 0 Å². The van der Waals surface area contributed by atoms with Crippen LogP contribution in [0.2, 0.25) is 5.02 Å². The van der Waals surface area contributed by atoms with E-state index in [2.05, 4.69) is 5.32 Å². The molecule has 0 aliphatic rings. The van der Waals surface area contributed by atoms with Crippen molar-refractivity contribution in [2.75, 3.05) is 5.32 Å². The van der Waals surface area contributed by atoms with Gasteiger partial charge in [-0.25, -0.2) is 9.18 Å². The molecule has 8 heteroatoms. The van der Waals surface area contributed by atoms with Crippen LogP contribution in [0.1, 0.15) is 13.8 Å². The molecule has 1 N–H and O–H groups in total. The summed E-state index contributed by atoms with van der Waals surface area (Å²) in [6, 6.07) is 10.5. The van der Waals surface area contributed by atoms with E-state index in [-0.39, 0.29) is 29.6 Å². The van der Waals surface area contributed by atoms with Gasteiger partial charge in [-0.3, -0.25) is 18.7 Å². The van der Waals surface area contributed by atoms with Crippen LogP contribution in [0, 0.1) is 11.7 Å². The van der Waals surface area contributed by atoms with Crippen molar-refractivity contribution < 1.29 is 9.18 Å². The normalized spacial score (nSPS) is 11.2. The number of halogens is 2. The summed E-state index contributed by atoms with van der Waals surface area (Å²) in [5.41, 5.74) is -0.241. The minimum absolute atomic E-state index is 0.0789. The standard InChI is InChI=1S/C20H19ClFN3O3/c1-12(2)10-25-19(27)14-5-3-4-6-17(14)24(20(25)28)11-18(26)23-13-7-8-16(22)15(21)9-13/h3-9,12H,10-11H2,1-2H3,(H,23,26). The van der Waals surface area contributed by atoms with Gasteiger partial charge in [-0.1, -0.05) is 37.6 Å². The molecule has 0 fully saturated rings. The number of benzene rings is 2. The van der Waals surface area contributed by atoms with Gasteiger partial charge in [0.15, 0.2) is 0 Å². The molecule has 1 aromatic heterocycles. The molecule has 1 amide bonds. The van der Waals surface area contributed by atoms with E-state index >= 15 is 0 Å². The summed E-state index contributed by atoms with van der Waals surface area (Å²) in [5, 5.41) is 2.83. The van der Waals surface area contributed by atoms with Gasteiger partial charge in [-0.15, -0.1) is 0 Å². The summed E-state index contributed by atoms with van der Waals surface area (Å²) >= 11 is 5.73. The van der Waals surface area contributed by atoms with E-state index in [0.717, 1.165) is 10.6 Å². The van der Waals surface area contributed by atoms with Crippen LogP contribution < -0.4 is 16.6 Å². The van der Waals surface area contributed by atoms with E-state index in [9.17, 15) is 18.8 Å². The monoisotopic (exact) mass is 403 g/mol. The predicted molar refractivity (Wildman–Crippen MR) is 107 cm³/mol. The lowest BCUT2D eigenvalue weighted by molar-refractivity contribution is -0.116. The maximum atomic E-state index is 13.3. The lowest BCUT2D eigenvalue weighted by Crippen LogP contribution is -2.42. The molecule has 0 unspecified atom stereocenters. The van der Waals surface area contributed by atoms with Gasteiger partial charge in [-0.05, 0) is 36.2 Å². The number of nitrogens with zero attached hydrogens (tertiary/aromatic N) is 2. The highest BCUT2D eigenvalue weighted by Gasteiger charge is 2.16. The van der Waals surface area contributed by atoms with E-state index in [1.165, 1.54) is 16.7 Å². The Labute approximate surface area is 165 Å². The lowest BCUT2D eigenvalue weighted by atomic mass is 10.2. The van der Waals surface area contributed by atoms with Crippen LogP contribution in [0.15, 0.2) is 52.1 Å². The first-order valence-electron chi connectivity index (χ1n) is 8.75. The Morgan fingerprint density at radius 3 is 2.54 bits per heavy atom. The molecule has 0 bridgehead atoms. The Morgan fingerprint density at radius 2 is 1.86 bits per heavy atom. The number of rotatable bonds is 5. The number of aromatic nitrogens is 2. The molecule has 0 saturated heterocycles. The molecule has 0 atom stereocenters. The fourth-order valence-electron chi connectivity index (χ4n) is 2.97. The smallest absolute Gasteiger partial charge is 0.324 e. The number of amides is 1. The predicted octanol–water partition coefficient (Wildman–Crippen LogP) is 3.25. The zero-order valence-electron chi connectivity index (χ0n) is 15.4. The van der Waals surface area contributed by atoms with Crippen LogP contribution in [-0.2, 0) is 17.9 Å². The van der Waals surface area contributed by atoms with Crippen LogP contribution in [0.4, 0.5) is 10.1 Å². The first-order valence-corrected chi connectivity index (χ1v) is 9.13. The molecule has 0 spiro atoms. The van der Waals surface area contributed by atoms with Crippen LogP contribution in [0.5, 0.6) is 0 Å². The second kappa shape index (κ2) is 7.98. The molecule has 0 aliphatic carbocycles. The Hall–Kier alpha value is -2.93. The first kappa shape index (κ1) is 19.8. The second-order valence-corrected chi connectivity index (χ2v) is 7.28. The highest BCUT2D eigenvalue weighted by molar-refractivity contribution is 6.31. The molecule has 146 valence electrons. The van der Waals surface area contributed by atoms with E-state index in [1.807, 2.05) is 13.8 Å². The minimum atomic E-state index is -0.595. The largest absolute Gasteiger partial charge is 0.331 e. The van der Waals surface area contributed by atoms with Crippen LogP contribution in [0.25, 0.3) is 10.9 Å². The van der Waals surface area contributed by atoms with Gasteiger partial charge < -0.3 is 5.32 Å². The van der Waals surface area contributed by atoms with Crippen molar-refractivity contribution in [1.29, 1.82) is 0 Å². The van der Waals surface area contributed by atoms with Gasteiger partial charge in [0.1, 0.15) is 12.4 Å². The summed E-state index contributed by atoms with van der Waals surface area (Å²) in [6.45, 7) is 3.75. The molecule has 0 saturated carbocycles. The number of carbonyl (C=O) groups is 1. The minimum Gasteiger partial charge on any atom is -0.324 e. The summed E-state index contributed by atoms with van der Waals surface area (Å²) in [5.74, 6) is -1.01. The van der Waals surface area contributed by atoms with Crippen molar-refractivity contribution in [3.8, 4) is 0 Å². The van der Waals surface area contributed by atoms with Gasteiger partial charge >= 0.3 is 5.69 Å². The summed E-state index contributed by atoms with van der Waals surface area (Å²) < 4.78 is 15.7. The molecule has 6 nitrogen and oxygen atoms in total. The maximum absolute atomic E-state index is 13.3. The number of nitrogens with one attached hydrogen (secondary N) is 1. The fourth-order valence-corrected chi connectivity index (χ4v) is 3.15. The molecular weight excluding hydrogens is 385 g/mol. The highest BCUT2D eigenvalue weighted by atomic mass is 35.5. The molecule has 0 aliphatic heterocycles. The van der Waals surface area contributed by atoms with Crippen molar-refractivity contribution in [3.05, 3.63) is 74.1 Å². The van der Waals surface area contributed by atoms with Crippen LogP contribution in [0.3, 0.4) is 0 Å². The third-order valence-corrected chi connectivity index (χ3v) is 4.47. The van der Waals surface area contributed by atoms with Crippen LogP contribution in [-0.4, -0.2) is 15.0 Å². The fraction of sp³-hybridized carbons (Fsp3) is 0.250. The Morgan fingerprint density at radius 1 is 1.14 bits per heavy atom. The average Bonchev–Trinajstić information content (AvgIpc) is 2.65. The average molecular weight is 404 g/mol. The lowest BCUT2D eigenvalue weighted by Gasteiger charge is -2.15. The topological polar surface area (TPSA) is 73.1 Å². The summed E-state index contributed by atoms with van der Waals surface area (Å²) in [4.78, 5) is 38.1. The van der Waals surface area contributed by atoms with E-state index in [1.54, 1.807) is 24.3 Å². The van der Waals surface area contributed by atoms with Crippen molar-refractivity contribution in [1.82, 2.24) is 9.13 Å². The van der Waals surface area contributed by atoms with E-state index in [4.69, 9.17) is 11.6 Å². The van der Waals surface area contributed by atoms with Crippen molar-refractivity contribution >= 4 is 34.1 Å². The third-order valence-electron chi connectivity index (χ3n) is 4.19. The van der Waals surface area contributed by atoms with Crippen LogP contribution >= 0.6 is 11.6 Å². The number of carbonyl (C=O) groups excluding carboxylic acids is 1. The molecule has 1 heterocycles. The van der Waals surface area contributed by atoms with E-state index in [0.29, 0.717) is 16.6 Å². The number of hydrogen-bond acceptors (Lipinski definition) is 3. The van der Waals surface area contributed by atoms with Gasteiger partial charge in [0, 0.05) is 12.2 Å². The van der Waals surface area contributed by atoms with Gasteiger partial charge in [0.2, 0.25) is 5.91 Å². The molecular formula is C20H19ClFN3O3. The zero-order valence-corrected chi connectivity index (χ0v) is 16.2. The zero-order chi connectivity index (χ0) is 20.4. The number of hydrogen-bond donors (Lipinski definition) is 1. The Balaban J connectivity index is 2.02. The molecule has 28 heavy (non-hydrogen) atoms. The molecule has 2 aromatic carbocycles. The summed E-state index contributed by atoms with van der Waals surface area (Å²) in [7, 11) is 0. The second-order valence-electron chi connectivity index (χ2n) is 6.87.